The Morgan fingerprint density at radius 3 is 2.54 bits per heavy atom. The number of unbranched alkanes of at least 4 members (excludes halogenated alkanes) is 1. The SMILES string of the molecule is CCNC(=NCCCCn1cnnc1)N1CCC(C(=O)OCC)CC1.I. The largest absolute Gasteiger partial charge is 0.466 e. The lowest BCUT2D eigenvalue weighted by Gasteiger charge is -2.33. The van der Waals surface area contributed by atoms with Crippen molar-refractivity contribution in [1.29, 1.82) is 0 Å². The molecule has 148 valence electrons. The van der Waals surface area contributed by atoms with Crippen molar-refractivity contribution in [2.24, 2.45) is 10.9 Å². The summed E-state index contributed by atoms with van der Waals surface area (Å²) in [5.74, 6) is 0.926. The Labute approximate surface area is 172 Å². The van der Waals surface area contributed by atoms with E-state index in [0.717, 1.165) is 64.4 Å². The molecule has 1 aliphatic rings. The molecule has 8 nitrogen and oxygen atoms in total. The van der Waals surface area contributed by atoms with Crippen molar-refractivity contribution in [3.8, 4) is 0 Å². The Kier molecular flexibility index (Phi) is 11.2. The van der Waals surface area contributed by atoms with Crippen LogP contribution in [0.4, 0.5) is 0 Å². The lowest BCUT2D eigenvalue weighted by molar-refractivity contribution is -0.149. The Hall–Kier alpha value is -1.39. The van der Waals surface area contributed by atoms with E-state index in [-0.39, 0.29) is 35.9 Å². The van der Waals surface area contributed by atoms with Gasteiger partial charge in [0, 0.05) is 32.7 Å². The zero-order valence-electron chi connectivity index (χ0n) is 15.8. The van der Waals surface area contributed by atoms with E-state index in [4.69, 9.17) is 9.73 Å². The van der Waals surface area contributed by atoms with E-state index in [9.17, 15) is 4.79 Å². The fourth-order valence-electron chi connectivity index (χ4n) is 2.94. The van der Waals surface area contributed by atoms with Gasteiger partial charge in [-0.05, 0) is 39.5 Å². The maximum Gasteiger partial charge on any atom is 0.309 e. The number of hydrogen-bond donors (Lipinski definition) is 1. The molecule has 1 fully saturated rings. The number of piperidine rings is 1. The third-order valence-electron chi connectivity index (χ3n) is 4.30. The van der Waals surface area contributed by atoms with Gasteiger partial charge in [0.2, 0.25) is 0 Å². The highest BCUT2D eigenvalue weighted by molar-refractivity contribution is 14.0. The van der Waals surface area contributed by atoms with Crippen LogP contribution in [0.2, 0.25) is 0 Å². The highest BCUT2D eigenvalue weighted by atomic mass is 127. The number of halogens is 1. The van der Waals surface area contributed by atoms with Gasteiger partial charge in [-0.3, -0.25) is 9.79 Å². The third-order valence-corrected chi connectivity index (χ3v) is 4.30. The Morgan fingerprint density at radius 1 is 1.23 bits per heavy atom. The molecule has 2 rings (SSSR count). The molecule has 0 atom stereocenters. The topological polar surface area (TPSA) is 84.6 Å². The van der Waals surface area contributed by atoms with Gasteiger partial charge >= 0.3 is 5.97 Å². The summed E-state index contributed by atoms with van der Waals surface area (Å²) in [4.78, 5) is 18.8. The number of likely N-dealkylation sites (tertiary alicyclic amines) is 1. The fourth-order valence-corrected chi connectivity index (χ4v) is 2.94. The van der Waals surface area contributed by atoms with Gasteiger partial charge in [0.1, 0.15) is 12.7 Å². The van der Waals surface area contributed by atoms with Crippen molar-refractivity contribution in [2.75, 3.05) is 32.8 Å². The molecule has 0 spiro atoms. The first-order valence-electron chi connectivity index (χ1n) is 9.26. The number of rotatable bonds is 8. The number of nitrogens with one attached hydrogen (secondary N) is 1. The summed E-state index contributed by atoms with van der Waals surface area (Å²) in [5, 5.41) is 11.0. The molecule has 0 aromatic carbocycles. The predicted octanol–water partition coefficient (Wildman–Crippen LogP) is 1.92. The molecule has 0 unspecified atom stereocenters. The van der Waals surface area contributed by atoms with Gasteiger partial charge in [0.05, 0.1) is 12.5 Å². The van der Waals surface area contributed by atoms with E-state index in [1.165, 1.54) is 0 Å². The molecule has 9 heteroatoms. The first kappa shape index (κ1) is 22.7. The Balaban J connectivity index is 0.00000338. The van der Waals surface area contributed by atoms with Crippen LogP contribution in [0, 0.1) is 5.92 Å². The van der Waals surface area contributed by atoms with Crippen molar-refractivity contribution < 1.29 is 9.53 Å². The van der Waals surface area contributed by atoms with Crippen LogP contribution in [0.1, 0.15) is 39.5 Å². The minimum Gasteiger partial charge on any atom is -0.466 e. The summed E-state index contributed by atoms with van der Waals surface area (Å²) in [6.45, 7) is 8.63. The van der Waals surface area contributed by atoms with Crippen LogP contribution < -0.4 is 5.32 Å². The number of hydrogen-bond acceptors (Lipinski definition) is 5. The number of esters is 1. The number of carbonyl (C=O) groups excluding carboxylic acids is 1. The van der Waals surface area contributed by atoms with E-state index >= 15 is 0 Å². The van der Waals surface area contributed by atoms with E-state index in [2.05, 4.69) is 27.3 Å². The summed E-state index contributed by atoms with van der Waals surface area (Å²) >= 11 is 0. The van der Waals surface area contributed by atoms with Crippen LogP contribution in [-0.2, 0) is 16.1 Å². The van der Waals surface area contributed by atoms with Crippen molar-refractivity contribution in [3.05, 3.63) is 12.7 Å². The van der Waals surface area contributed by atoms with Gasteiger partial charge in [-0.25, -0.2) is 0 Å². The maximum atomic E-state index is 11.8. The van der Waals surface area contributed by atoms with Crippen molar-refractivity contribution in [3.63, 3.8) is 0 Å². The van der Waals surface area contributed by atoms with Crippen LogP contribution in [-0.4, -0.2) is 64.4 Å². The summed E-state index contributed by atoms with van der Waals surface area (Å²) in [7, 11) is 0. The van der Waals surface area contributed by atoms with Crippen molar-refractivity contribution in [1.82, 2.24) is 25.0 Å². The molecule has 1 saturated heterocycles. The van der Waals surface area contributed by atoms with Crippen LogP contribution in [0.5, 0.6) is 0 Å². The zero-order chi connectivity index (χ0) is 17.9. The molecular weight excluding hydrogens is 447 g/mol. The molecule has 0 saturated carbocycles. The lowest BCUT2D eigenvalue weighted by atomic mass is 9.97. The molecule has 1 N–H and O–H groups in total. The smallest absolute Gasteiger partial charge is 0.309 e. The minimum absolute atomic E-state index is 0. The van der Waals surface area contributed by atoms with Crippen LogP contribution in [0.3, 0.4) is 0 Å². The predicted molar refractivity (Wildman–Crippen MR) is 112 cm³/mol. The molecule has 2 heterocycles. The van der Waals surface area contributed by atoms with Crippen LogP contribution in [0.25, 0.3) is 0 Å². The molecular formula is C17H31IN6O2. The summed E-state index contributed by atoms with van der Waals surface area (Å²) in [5.41, 5.74) is 0. The van der Waals surface area contributed by atoms with Crippen LogP contribution in [0.15, 0.2) is 17.6 Å². The van der Waals surface area contributed by atoms with E-state index in [1.807, 2.05) is 11.5 Å². The van der Waals surface area contributed by atoms with Gasteiger partial charge in [-0.15, -0.1) is 34.2 Å². The number of guanidine groups is 1. The number of aryl methyl sites for hydroxylation is 1. The first-order valence-corrected chi connectivity index (χ1v) is 9.26. The summed E-state index contributed by atoms with van der Waals surface area (Å²) in [6.07, 6.45) is 7.20. The maximum absolute atomic E-state index is 11.8. The average molecular weight is 478 g/mol. The monoisotopic (exact) mass is 478 g/mol. The lowest BCUT2D eigenvalue weighted by Crippen LogP contribution is -2.46. The van der Waals surface area contributed by atoms with Crippen molar-refractivity contribution in [2.45, 2.75) is 46.1 Å². The average Bonchev–Trinajstić information content (AvgIpc) is 3.14. The molecule has 1 aromatic heterocycles. The molecule has 26 heavy (non-hydrogen) atoms. The van der Waals surface area contributed by atoms with E-state index < -0.39 is 0 Å². The first-order chi connectivity index (χ1) is 12.2. The second-order valence-electron chi connectivity index (χ2n) is 6.16. The van der Waals surface area contributed by atoms with Gasteiger partial charge in [0.15, 0.2) is 5.96 Å². The van der Waals surface area contributed by atoms with Gasteiger partial charge in [0.25, 0.3) is 0 Å². The standard InChI is InChI=1S/C17H30N6O2.HI/c1-3-18-17(19-9-5-6-10-22-13-20-21-14-22)23-11-7-15(8-12-23)16(24)25-4-2;/h13-15H,3-12H2,1-2H3,(H,18,19);1H. The van der Waals surface area contributed by atoms with E-state index in [1.54, 1.807) is 12.7 Å². The number of carbonyl (C=O) groups is 1. The number of nitrogens with zero attached hydrogens (tertiary/aromatic N) is 5. The Bertz CT molecular complexity index is 529. The molecule has 1 aliphatic heterocycles. The molecule has 0 bridgehead atoms. The molecule has 0 radical (unpaired) electrons. The second kappa shape index (κ2) is 12.9. The highest BCUT2D eigenvalue weighted by Crippen LogP contribution is 2.18. The molecule has 0 amide bonds. The highest BCUT2D eigenvalue weighted by Gasteiger charge is 2.27. The second-order valence-corrected chi connectivity index (χ2v) is 6.16. The summed E-state index contributed by atoms with van der Waals surface area (Å²) in [6, 6.07) is 0. The van der Waals surface area contributed by atoms with Crippen LogP contribution >= 0.6 is 24.0 Å². The minimum atomic E-state index is -0.0573. The quantitative estimate of drug-likeness (QED) is 0.202. The molecule has 0 aliphatic carbocycles. The van der Waals surface area contributed by atoms with Crippen molar-refractivity contribution >= 4 is 35.9 Å². The Morgan fingerprint density at radius 2 is 1.92 bits per heavy atom. The molecule has 1 aromatic rings. The zero-order valence-corrected chi connectivity index (χ0v) is 18.1. The summed E-state index contributed by atoms with van der Waals surface area (Å²) < 4.78 is 7.11. The van der Waals surface area contributed by atoms with Gasteiger partial charge in [-0.1, -0.05) is 0 Å². The number of ether oxygens (including phenoxy) is 1. The number of aliphatic imine (C=N–C) groups is 1. The normalized spacial score (nSPS) is 15.5. The fraction of sp³-hybridized carbons (Fsp3) is 0.765. The number of aromatic nitrogens is 3. The van der Waals surface area contributed by atoms with Gasteiger partial charge < -0.3 is 19.5 Å². The third kappa shape index (κ3) is 7.46. The van der Waals surface area contributed by atoms with Gasteiger partial charge in [-0.2, -0.15) is 0 Å². The van der Waals surface area contributed by atoms with E-state index in [0.29, 0.717) is 6.61 Å².